The molecule has 1 aliphatic carbocycles. The van der Waals surface area contributed by atoms with E-state index in [2.05, 4.69) is 15.4 Å². The summed E-state index contributed by atoms with van der Waals surface area (Å²) < 4.78 is 12.5. The molecule has 2 aromatic heterocycles. The lowest BCUT2D eigenvalue weighted by Gasteiger charge is -2.10. The summed E-state index contributed by atoms with van der Waals surface area (Å²) in [5.41, 5.74) is 2.28. The van der Waals surface area contributed by atoms with Crippen LogP contribution >= 0.6 is 11.6 Å². The van der Waals surface area contributed by atoms with Gasteiger partial charge < -0.3 is 14.8 Å². The third-order valence-corrected chi connectivity index (χ3v) is 5.99. The van der Waals surface area contributed by atoms with Crippen molar-refractivity contribution < 1.29 is 19.1 Å². The fourth-order valence-electron chi connectivity index (χ4n) is 3.45. The second kappa shape index (κ2) is 11.9. The van der Waals surface area contributed by atoms with Gasteiger partial charge in [-0.3, -0.25) is 9.48 Å². The van der Waals surface area contributed by atoms with Gasteiger partial charge in [0.1, 0.15) is 11.4 Å². The van der Waals surface area contributed by atoms with E-state index in [4.69, 9.17) is 21.1 Å². The van der Waals surface area contributed by atoms with E-state index in [9.17, 15) is 9.59 Å². The van der Waals surface area contributed by atoms with Crippen LogP contribution in [0.4, 0.5) is 0 Å². The van der Waals surface area contributed by atoms with Crippen LogP contribution in [0.1, 0.15) is 58.7 Å². The quantitative estimate of drug-likeness (QED) is 0.375. The van der Waals surface area contributed by atoms with Crippen LogP contribution in [0.3, 0.4) is 0 Å². The Morgan fingerprint density at radius 1 is 1.28 bits per heavy atom. The summed E-state index contributed by atoms with van der Waals surface area (Å²) in [7, 11) is 0. The molecule has 188 valence electrons. The van der Waals surface area contributed by atoms with Crippen molar-refractivity contribution in [2.45, 2.75) is 39.3 Å². The van der Waals surface area contributed by atoms with Crippen molar-refractivity contribution >= 4 is 29.6 Å². The maximum Gasteiger partial charge on any atom is 0.356 e. The molecule has 1 amide bonds. The van der Waals surface area contributed by atoms with Crippen molar-refractivity contribution in [1.82, 2.24) is 20.1 Å². The lowest BCUT2D eigenvalue weighted by molar-refractivity contribution is 0.0519. The van der Waals surface area contributed by atoms with Gasteiger partial charge in [0.25, 0.3) is 5.91 Å². The number of hydrogen-bond acceptors (Lipinski definition) is 6. The Hall–Kier alpha value is -3.65. The summed E-state index contributed by atoms with van der Waals surface area (Å²) >= 11 is 6.46. The van der Waals surface area contributed by atoms with Gasteiger partial charge in [-0.25, -0.2) is 9.78 Å². The Morgan fingerprint density at radius 3 is 2.86 bits per heavy atom. The van der Waals surface area contributed by atoms with E-state index in [0.29, 0.717) is 23.0 Å². The third-order valence-electron chi connectivity index (χ3n) is 5.64. The van der Waals surface area contributed by atoms with Gasteiger partial charge >= 0.3 is 5.97 Å². The van der Waals surface area contributed by atoms with Crippen LogP contribution < -0.4 is 10.1 Å². The third kappa shape index (κ3) is 7.18. The van der Waals surface area contributed by atoms with Crippen LogP contribution in [0, 0.1) is 5.92 Å². The van der Waals surface area contributed by atoms with Gasteiger partial charge in [0.05, 0.1) is 26.0 Å². The number of hydrogen-bond donors (Lipinski definition) is 1. The van der Waals surface area contributed by atoms with Gasteiger partial charge in [-0.05, 0) is 62.4 Å². The number of ether oxygens (including phenoxy) is 2. The fourth-order valence-corrected chi connectivity index (χ4v) is 3.68. The zero-order valence-corrected chi connectivity index (χ0v) is 21.1. The molecule has 1 atom stereocenters. The molecule has 0 spiro atoms. The molecule has 8 nitrogen and oxygen atoms in total. The monoisotopic (exact) mass is 508 g/mol. The van der Waals surface area contributed by atoms with Crippen LogP contribution in [-0.2, 0) is 11.3 Å². The van der Waals surface area contributed by atoms with Gasteiger partial charge in [0.15, 0.2) is 0 Å². The molecule has 36 heavy (non-hydrogen) atoms. The van der Waals surface area contributed by atoms with Crippen LogP contribution in [0.5, 0.6) is 5.75 Å². The summed E-state index contributed by atoms with van der Waals surface area (Å²) in [6.45, 7) is 5.10. The smallest absolute Gasteiger partial charge is 0.356 e. The highest BCUT2D eigenvalue weighted by atomic mass is 35.5. The van der Waals surface area contributed by atoms with Crippen molar-refractivity contribution in [2.75, 3.05) is 13.2 Å². The number of carbonyl (C=O) groups is 2. The zero-order valence-electron chi connectivity index (χ0n) is 20.3. The van der Waals surface area contributed by atoms with Crippen molar-refractivity contribution in [3.05, 3.63) is 82.4 Å². The molecule has 2 heterocycles. The minimum atomic E-state index is -0.559. The molecule has 1 aliphatic rings. The van der Waals surface area contributed by atoms with Gasteiger partial charge in [-0.2, -0.15) is 5.10 Å². The zero-order chi connectivity index (χ0) is 25.5. The molecule has 1 aromatic carbocycles. The molecule has 0 saturated heterocycles. The Kier molecular flexibility index (Phi) is 8.38. The van der Waals surface area contributed by atoms with Crippen molar-refractivity contribution in [3.63, 3.8) is 0 Å². The number of benzene rings is 1. The Labute approximate surface area is 215 Å². The maximum atomic E-state index is 12.6. The molecule has 0 bridgehead atoms. The maximum absolute atomic E-state index is 12.6. The first-order valence-corrected chi connectivity index (χ1v) is 12.3. The Balaban J connectivity index is 1.30. The first-order chi connectivity index (χ1) is 17.4. The number of halogens is 1. The molecule has 1 N–H and O–H groups in total. The molecule has 0 aliphatic heterocycles. The second-order valence-electron chi connectivity index (χ2n) is 8.75. The fraction of sp³-hybridized carbons (Fsp3) is 0.333. The second-order valence-corrected chi connectivity index (χ2v) is 9.16. The SMILES string of the molecule is CCOC(=O)c1cc(C(=O)N[C@@H](C)/C=C/c2cnn(Cc3ccc(OCC4CC4)cc3Cl)c2)ccn1. The number of amides is 1. The molecule has 4 rings (SSSR count). The molecule has 9 heteroatoms. The molecule has 0 unspecified atom stereocenters. The molecule has 3 aromatic rings. The van der Waals surface area contributed by atoms with E-state index >= 15 is 0 Å². The predicted octanol–water partition coefficient (Wildman–Crippen LogP) is 4.78. The summed E-state index contributed by atoms with van der Waals surface area (Å²) in [5.74, 6) is 0.612. The van der Waals surface area contributed by atoms with E-state index in [1.165, 1.54) is 25.1 Å². The number of rotatable bonds is 11. The largest absolute Gasteiger partial charge is 0.493 e. The van der Waals surface area contributed by atoms with Crippen LogP contribution in [0.2, 0.25) is 5.02 Å². The van der Waals surface area contributed by atoms with E-state index < -0.39 is 5.97 Å². The topological polar surface area (TPSA) is 95.3 Å². The summed E-state index contributed by atoms with van der Waals surface area (Å²) in [4.78, 5) is 28.4. The normalized spacial score (nSPS) is 14.0. The average molecular weight is 509 g/mol. The highest BCUT2D eigenvalue weighted by Gasteiger charge is 2.22. The van der Waals surface area contributed by atoms with E-state index in [-0.39, 0.29) is 24.2 Å². The predicted molar refractivity (Wildman–Crippen MR) is 137 cm³/mol. The Bertz CT molecular complexity index is 1250. The lowest BCUT2D eigenvalue weighted by Crippen LogP contribution is -2.31. The van der Waals surface area contributed by atoms with Crippen LogP contribution in [0.25, 0.3) is 6.08 Å². The molecule has 1 fully saturated rings. The highest BCUT2D eigenvalue weighted by Crippen LogP contribution is 2.30. The molecular formula is C27H29ClN4O4. The minimum absolute atomic E-state index is 0.0978. The summed E-state index contributed by atoms with van der Waals surface area (Å²) in [6.07, 6.45) is 11.3. The standard InChI is InChI=1S/C27H29ClN4O4/c1-3-35-27(34)25-12-21(10-11-29-25)26(33)31-18(2)4-5-20-14-30-32(15-20)16-22-8-9-23(13-24(22)28)36-17-19-6-7-19/h4-5,8-15,18-19H,3,6-7,16-17H2,1-2H3,(H,31,33)/b5-4+/t18-/m0/s1. The van der Waals surface area contributed by atoms with Gasteiger partial charge in [-0.15, -0.1) is 0 Å². The lowest BCUT2D eigenvalue weighted by atomic mass is 10.2. The number of aromatic nitrogens is 3. The summed E-state index contributed by atoms with van der Waals surface area (Å²) in [6, 6.07) is 8.48. The van der Waals surface area contributed by atoms with Crippen LogP contribution in [-0.4, -0.2) is 45.9 Å². The number of carbonyl (C=O) groups excluding carboxylic acids is 2. The van der Waals surface area contributed by atoms with Gasteiger partial charge in [-0.1, -0.05) is 29.8 Å². The molecular weight excluding hydrogens is 480 g/mol. The highest BCUT2D eigenvalue weighted by molar-refractivity contribution is 6.31. The number of esters is 1. The molecule has 0 radical (unpaired) electrons. The summed E-state index contributed by atoms with van der Waals surface area (Å²) in [5, 5.41) is 7.94. The molecule has 1 saturated carbocycles. The first kappa shape index (κ1) is 25.4. The van der Waals surface area contributed by atoms with E-state index in [1.807, 2.05) is 48.2 Å². The van der Waals surface area contributed by atoms with E-state index in [0.717, 1.165) is 23.5 Å². The Morgan fingerprint density at radius 2 is 2.11 bits per heavy atom. The van der Waals surface area contributed by atoms with Crippen molar-refractivity contribution in [3.8, 4) is 5.75 Å². The number of nitrogens with zero attached hydrogens (tertiary/aromatic N) is 3. The number of pyridine rings is 1. The average Bonchev–Trinajstić information content (AvgIpc) is 3.60. The minimum Gasteiger partial charge on any atom is -0.493 e. The van der Waals surface area contributed by atoms with Crippen LogP contribution in [0.15, 0.2) is 55.0 Å². The van der Waals surface area contributed by atoms with Crippen molar-refractivity contribution in [1.29, 1.82) is 0 Å². The van der Waals surface area contributed by atoms with Crippen molar-refractivity contribution in [2.24, 2.45) is 5.92 Å². The van der Waals surface area contributed by atoms with E-state index in [1.54, 1.807) is 19.2 Å². The van der Waals surface area contributed by atoms with Gasteiger partial charge in [0.2, 0.25) is 0 Å². The first-order valence-electron chi connectivity index (χ1n) is 12.0. The number of nitrogens with one attached hydrogen (secondary N) is 1. The van der Waals surface area contributed by atoms with Gasteiger partial charge in [0, 0.05) is 34.6 Å².